The zero-order chi connectivity index (χ0) is 15.4. The van der Waals surface area contributed by atoms with Crippen LogP contribution in [0.25, 0.3) is 0 Å². The molecule has 1 atom stereocenters. The molecular formula is C17H24N2OS. The van der Waals surface area contributed by atoms with Crippen molar-refractivity contribution in [2.75, 3.05) is 6.61 Å². The second-order valence-corrected chi connectivity index (χ2v) is 6.47. The molecule has 0 aliphatic heterocycles. The van der Waals surface area contributed by atoms with Crippen molar-refractivity contribution in [3.05, 3.63) is 44.9 Å². The van der Waals surface area contributed by atoms with Crippen LogP contribution in [0, 0.1) is 13.8 Å². The molecular weight excluding hydrogens is 280 g/mol. The van der Waals surface area contributed by atoms with Gasteiger partial charge in [0.1, 0.15) is 5.75 Å². The number of thiazole rings is 1. The maximum Gasteiger partial charge on any atom is 0.122 e. The number of aromatic nitrogens is 1. The lowest BCUT2D eigenvalue weighted by Crippen LogP contribution is -2.05. The predicted octanol–water partition coefficient (Wildman–Crippen LogP) is 3.96. The number of nitrogens with two attached hydrogens (primary N) is 1. The van der Waals surface area contributed by atoms with Crippen LogP contribution in [-0.4, -0.2) is 11.6 Å². The van der Waals surface area contributed by atoms with Crippen LogP contribution in [0.4, 0.5) is 0 Å². The maximum atomic E-state index is 6.00. The fourth-order valence-electron chi connectivity index (χ4n) is 2.26. The first-order chi connectivity index (χ1) is 10.0. The molecule has 0 saturated heterocycles. The molecule has 1 heterocycles. The zero-order valence-corrected chi connectivity index (χ0v) is 14.1. The van der Waals surface area contributed by atoms with Crippen LogP contribution in [0.2, 0.25) is 0 Å². The van der Waals surface area contributed by atoms with Crippen molar-refractivity contribution in [1.29, 1.82) is 0 Å². The third-order valence-electron chi connectivity index (χ3n) is 3.65. The number of hydrogen-bond acceptors (Lipinski definition) is 4. The topological polar surface area (TPSA) is 48.1 Å². The summed E-state index contributed by atoms with van der Waals surface area (Å²) in [5, 5.41) is 1.12. The van der Waals surface area contributed by atoms with Gasteiger partial charge in [0.15, 0.2) is 0 Å². The van der Waals surface area contributed by atoms with Crippen LogP contribution in [0.1, 0.15) is 46.6 Å². The first kappa shape index (κ1) is 16.0. The van der Waals surface area contributed by atoms with Gasteiger partial charge in [-0.25, -0.2) is 4.98 Å². The van der Waals surface area contributed by atoms with Crippen LogP contribution in [0.3, 0.4) is 0 Å². The van der Waals surface area contributed by atoms with Gasteiger partial charge in [0, 0.05) is 17.3 Å². The molecule has 0 bridgehead atoms. The van der Waals surface area contributed by atoms with Crippen molar-refractivity contribution in [3.8, 4) is 5.75 Å². The molecule has 0 aliphatic carbocycles. The van der Waals surface area contributed by atoms with E-state index in [1.807, 2.05) is 19.1 Å². The van der Waals surface area contributed by atoms with E-state index in [0.29, 0.717) is 6.61 Å². The molecule has 0 spiro atoms. The molecule has 1 aromatic heterocycles. The average Bonchev–Trinajstić information content (AvgIpc) is 2.87. The van der Waals surface area contributed by atoms with Crippen molar-refractivity contribution < 1.29 is 4.74 Å². The van der Waals surface area contributed by atoms with E-state index in [4.69, 9.17) is 10.5 Å². The number of benzene rings is 1. The summed E-state index contributed by atoms with van der Waals surface area (Å²) in [7, 11) is 0. The Morgan fingerprint density at radius 3 is 2.71 bits per heavy atom. The highest BCUT2D eigenvalue weighted by Crippen LogP contribution is 2.25. The van der Waals surface area contributed by atoms with E-state index in [-0.39, 0.29) is 6.04 Å². The second-order valence-electron chi connectivity index (χ2n) is 5.36. The van der Waals surface area contributed by atoms with Crippen LogP contribution >= 0.6 is 11.3 Å². The summed E-state index contributed by atoms with van der Waals surface area (Å²) in [6.45, 7) is 8.99. The first-order valence-corrected chi connectivity index (χ1v) is 8.27. The van der Waals surface area contributed by atoms with E-state index in [9.17, 15) is 0 Å². The lowest BCUT2D eigenvalue weighted by atomic mass is 10.1. The largest absolute Gasteiger partial charge is 0.493 e. The van der Waals surface area contributed by atoms with Crippen LogP contribution in [0.5, 0.6) is 5.75 Å². The molecule has 1 aromatic carbocycles. The average molecular weight is 304 g/mol. The molecule has 2 N–H and O–H groups in total. The minimum absolute atomic E-state index is 0.0612. The molecule has 3 nitrogen and oxygen atoms in total. The van der Waals surface area contributed by atoms with Gasteiger partial charge in [0.2, 0.25) is 0 Å². The fraction of sp³-hybridized carbons (Fsp3) is 0.471. The molecule has 0 amide bonds. The Morgan fingerprint density at radius 2 is 2.10 bits per heavy atom. The number of nitrogens with zero attached hydrogens (tertiary/aromatic N) is 1. The van der Waals surface area contributed by atoms with Crippen molar-refractivity contribution in [1.82, 2.24) is 4.98 Å². The fourth-order valence-corrected chi connectivity index (χ4v) is 3.35. The van der Waals surface area contributed by atoms with Gasteiger partial charge in [-0.1, -0.05) is 19.1 Å². The Labute approximate surface area is 131 Å². The molecule has 114 valence electrons. The Kier molecular flexibility index (Phi) is 5.37. The Bertz CT molecular complexity index is 605. The minimum Gasteiger partial charge on any atom is -0.493 e. The van der Waals surface area contributed by atoms with Gasteiger partial charge in [-0.2, -0.15) is 0 Å². The SMILES string of the molecule is CCc1nc(CCOc2cccc(C)c2C)sc1C(C)N. The summed E-state index contributed by atoms with van der Waals surface area (Å²) >= 11 is 1.72. The summed E-state index contributed by atoms with van der Waals surface area (Å²) in [4.78, 5) is 5.89. The van der Waals surface area contributed by atoms with Crippen molar-refractivity contribution in [2.45, 2.75) is 46.6 Å². The molecule has 2 aromatic rings. The molecule has 21 heavy (non-hydrogen) atoms. The smallest absolute Gasteiger partial charge is 0.122 e. The highest BCUT2D eigenvalue weighted by molar-refractivity contribution is 7.11. The number of aryl methyl sites for hydroxylation is 2. The Balaban J connectivity index is 1.99. The maximum absolute atomic E-state index is 6.00. The summed E-state index contributed by atoms with van der Waals surface area (Å²) < 4.78 is 5.90. The minimum atomic E-state index is 0.0612. The summed E-state index contributed by atoms with van der Waals surface area (Å²) in [5.41, 5.74) is 9.60. The summed E-state index contributed by atoms with van der Waals surface area (Å²) in [6.07, 6.45) is 1.77. The monoisotopic (exact) mass is 304 g/mol. The van der Waals surface area contributed by atoms with E-state index in [1.54, 1.807) is 11.3 Å². The van der Waals surface area contributed by atoms with Crippen LogP contribution in [-0.2, 0) is 12.8 Å². The molecule has 4 heteroatoms. The molecule has 0 fully saturated rings. The third-order valence-corrected chi connectivity index (χ3v) is 5.01. The van der Waals surface area contributed by atoms with Gasteiger partial charge >= 0.3 is 0 Å². The molecule has 1 unspecified atom stereocenters. The quantitative estimate of drug-likeness (QED) is 0.878. The van der Waals surface area contributed by atoms with Crippen molar-refractivity contribution in [2.24, 2.45) is 5.73 Å². The highest BCUT2D eigenvalue weighted by Gasteiger charge is 2.13. The van der Waals surface area contributed by atoms with E-state index in [2.05, 4.69) is 31.8 Å². The zero-order valence-electron chi connectivity index (χ0n) is 13.3. The normalized spacial score (nSPS) is 12.4. The Morgan fingerprint density at radius 1 is 1.33 bits per heavy atom. The van der Waals surface area contributed by atoms with E-state index in [0.717, 1.165) is 29.3 Å². The molecule has 0 aliphatic rings. The molecule has 2 rings (SSSR count). The predicted molar refractivity (Wildman–Crippen MR) is 89.2 cm³/mol. The van der Waals surface area contributed by atoms with E-state index >= 15 is 0 Å². The lowest BCUT2D eigenvalue weighted by Gasteiger charge is -2.09. The third kappa shape index (κ3) is 3.83. The number of ether oxygens (including phenoxy) is 1. The highest BCUT2D eigenvalue weighted by atomic mass is 32.1. The standard InChI is InChI=1S/C17H24N2OS/c1-5-14-17(13(4)18)21-16(19-14)9-10-20-15-8-6-7-11(2)12(15)3/h6-8,13H,5,9-10,18H2,1-4H3. The van der Waals surface area contributed by atoms with Gasteiger partial charge < -0.3 is 10.5 Å². The molecule has 0 saturated carbocycles. The van der Waals surface area contributed by atoms with Gasteiger partial charge in [-0.3, -0.25) is 0 Å². The summed E-state index contributed by atoms with van der Waals surface area (Å²) in [5.74, 6) is 0.967. The van der Waals surface area contributed by atoms with E-state index in [1.165, 1.54) is 16.0 Å². The van der Waals surface area contributed by atoms with Crippen molar-refractivity contribution >= 4 is 11.3 Å². The summed E-state index contributed by atoms with van der Waals surface area (Å²) in [6, 6.07) is 6.22. The first-order valence-electron chi connectivity index (χ1n) is 7.46. The number of rotatable bonds is 6. The van der Waals surface area contributed by atoms with Gasteiger partial charge in [0.25, 0.3) is 0 Å². The van der Waals surface area contributed by atoms with Crippen molar-refractivity contribution in [3.63, 3.8) is 0 Å². The van der Waals surface area contributed by atoms with Gasteiger partial charge in [0.05, 0.1) is 17.3 Å². The van der Waals surface area contributed by atoms with Gasteiger partial charge in [-0.05, 0) is 44.4 Å². The second kappa shape index (κ2) is 7.05. The number of hydrogen-bond donors (Lipinski definition) is 1. The molecule has 0 radical (unpaired) electrons. The van der Waals surface area contributed by atoms with E-state index < -0.39 is 0 Å². The van der Waals surface area contributed by atoms with Crippen LogP contribution in [0.15, 0.2) is 18.2 Å². The Hall–Kier alpha value is -1.39. The van der Waals surface area contributed by atoms with Gasteiger partial charge in [-0.15, -0.1) is 11.3 Å². The lowest BCUT2D eigenvalue weighted by molar-refractivity contribution is 0.319. The van der Waals surface area contributed by atoms with Crippen LogP contribution < -0.4 is 10.5 Å².